The Morgan fingerprint density at radius 2 is 2.12 bits per heavy atom. The van der Waals surface area contributed by atoms with Crippen LogP contribution >= 0.6 is 20.7 Å². The minimum atomic E-state index is 1.29. The summed E-state index contributed by atoms with van der Waals surface area (Å²) in [4.78, 5) is 3.15. The quantitative estimate of drug-likeness (QED) is 0.562. The molecule has 2 heteroatoms. The van der Waals surface area contributed by atoms with Gasteiger partial charge in [-0.1, -0.05) is 34.0 Å². The molecule has 1 aromatic heterocycles. The lowest BCUT2D eigenvalue weighted by molar-refractivity contribution is 0.934. The molecule has 0 saturated carbocycles. The Morgan fingerprint density at radius 3 is 2.25 bits per heavy atom. The van der Waals surface area contributed by atoms with Crippen molar-refractivity contribution in [2.75, 3.05) is 0 Å². The van der Waals surface area contributed by atoms with Crippen LogP contribution in [-0.4, -0.2) is 0 Å². The van der Waals surface area contributed by atoms with Crippen LogP contribution in [0.4, 0.5) is 0 Å². The summed E-state index contributed by atoms with van der Waals surface area (Å²) in [6.45, 7) is 4.43. The first kappa shape index (κ1) is 6.30. The van der Waals surface area contributed by atoms with E-state index >= 15 is 0 Å². The lowest BCUT2D eigenvalue weighted by atomic mass is 10.3. The van der Waals surface area contributed by atoms with Gasteiger partial charge < -0.3 is 0 Å². The number of rotatable bonds is 2. The molecule has 0 radical (unpaired) electrons. The van der Waals surface area contributed by atoms with E-state index in [2.05, 4.69) is 13.8 Å². The van der Waals surface area contributed by atoms with Crippen LogP contribution in [0.25, 0.3) is 0 Å². The van der Waals surface area contributed by atoms with Crippen LogP contribution in [0.5, 0.6) is 0 Å². The number of aryl methyl sites for hydroxylation is 2. The third-order valence-corrected chi connectivity index (χ3v) is 4.16. The average Bonchev–Trinajstić information content (AvgIpc) is 1.79. The van der Waals surface area contributed by atoms with Crippen molar-refractivity contribution in [2.24, 2.45) is 0 Å². The Kier molecular flexibility index (Phi) is 2.08. The molecule has 0 aliphatic carbocycles. The normalized spacial score (nSPS) is 10.2. The summed E-state index contributed by atoms with van der Waals surface area (Å²) in [6, 6.07) is 0. The zero-order valence-corrected chi connectivity index (χ0v) is 6.86. The molecule has 0 N–H and O–H groups in total. The molecule has 0 saturated heterocycles. The highest BCUT2D eigenvalue weighted by atomic mass is 32.9. The summed E-state index contributed by atoms with van der Waals surface area (Å²) >= 11 is 0. The fourth-order valence-electron chi connectivity index (χ4n) is 0.629. The maximum atomic E-state index is 2.23. The minimum absolute atomic E-state index is 1.29. The molecular weight excluding hydrogens is 136 g/mol. The molecule has 0 bridgehead atoms. The maximum absolute atomic E-state index is 2.23. The van der Waals surface area contributed by atoms with Crippen LogP contribution in [0.3, 0.4) is 0 Å². The predicted octanol–water partition coefficient (Wildman–Crippen LogP) is 3.07. The van der Waals surface area contributed by atoms with E-state index in [0.29, 0.717) is 0 Å². The van der Waals surface area contributed by atoms with Crippen molar-refractivity contribution in [3.05, 3.63) is 9.75 Å². The lowest BCUT2D eigenvalue weighted by Gasteiger charge is -2.02. The van der Waals surface area contributed by atoms with Crippen molar-refractivity contribution >= 4 is 20.7 Å². The van der Waals surface area contributed by atoms with Gasteiger partial charge in [0.05, 0.1) is 0 Å². The van der Waals surface area contributed by atoms with Gasteiger partial charge in [0.1, 0.15) is 0 Å². The van der Waals surface area contributed by atoms with Crippen LogP contribution in [0.15, 0.2) is 0 Å². The van der Waals surface area contributed by atoms with Crippen LogP contribution in [0, 0.1) is 6.92 Å². The van der Waals surface area contributed by atoms with Crippen molar-refractivity contribution in [1.29, 1.82) is 0 Å². The smallest absolute Gasteiger partial charge is 0.0288 e. The zero-order chi connectivity index (χ0) is 5.98. The third-order valence-electron chi connectivity index (χ3n) is 1.14. The molecule has 1 heterocycles. The van der Waals surface area contributed by atoms with E-state index in [1.165, 1.54) is 17.7 Å². The molecule has 0 spiro atoms. The lowest BCUT2D eigenvalue weighted by Crippen LogP contribution is -1.83. The van der Waals surface area contributed by atoms with Gasteiger partial charge in [-0.05, 0) is 13.3 Å². The largest absolute Gasteiger partial charge is 0.0840 e. The molecule has 0 fully saturated rings. The minimum Gasteiger partial charge on any atom is -0.0840 e. The van der Waals surface area contributed by atoms with E-state index in [4.69, 9.17) is 0 Å². The highest BCUT2D eigenvalue weighted by Gasteiger charge is 2.00. The molecule has 0 aromatic carbocycles. The molecule has 0 amide bonds. The second kappa shape index (κ2) is 2.65. The molecule has 0 aliphatic rings. The van der Waals surface area contributed by atoms with Crippen LogP contribution in [0.2, 0.25) is 0 Å². The Hall–Kier alpha value is 0.180. The summed E-state index contributed by atoms with van der Waals surface area (Å²) in [5.74, 6) is 0. The van der Waals surface area contributed by atoms with E-state index in [9.17, 15) is 0 Å². The van der Waals surface area contributed by atoms with Crippen LogP contribution in [0.1, 0.15) is 23.1 Å². The van der Waals surface area contributed by atoms with Gasteiger partial charge in [0, 0.05) is 9.75 Å². The molecule has 1 aromatic rings. The van der Waals surface area contributed by atoms with Crippen molar-refractivity contribution in [2.45, 2.75) is 26.7 Å². The molecular formula is C6H10S2. The fraction of sp³-hybridized carbons (Fsp3) is 0.667. The Morgan fingerprint density at radius 1 is 1.38 bits per heavy atom. The highest BCUT2D eigenvalue weighted by molar-refractivity contribution is 7.72. The van der Waals surface area contributed by atoms with Gasteiger partial charge >= 0.3 is 0 Å². The molecule has 1 rings (SSSR count). The first-order chi connectivity index (χ1) is 3.84. The number of hydrogen-bond acceptors (Lipinski definition) is 2. The number of hydrogen-bond donors (Lipinski definition) is 0. The third kappa shape index (κ3) is 1.12. The summed E-state index contributed by atoms with van der Waals surface area (Å²) in [7, 11) is 3.84. The summed E-state index contributed by atoms with van der Waals surface area (Å²) in [5.41, 5.74) is 0. The summed E-state index contributed by atoms with van der Waals surface area (Å²) < 4.78 is 0. The van der Waals surface area contributed by atoms with E-state index < -0.39 is 0 Å². The standard InChI is InChI=1S/C6H10S2/c1-3-4-6-5(2)7-8-6/h3-4H2,1-2H3. The molecule has 0 nitrogen and oxygen atoms in total. The molecule has 0 atom stereocenters. The summed E-state index contributed by atoms with van der Waals surface area (Å²) in [5, 5.41) is 0. The fourth-order valence-corrected chi connectivity index (χ4v) is 2.74. The molecule has 46 valence electrons. The highest BCUT2D eigenvalue weighted by Crippen LogP contribution is 2.28. The van der Waals surface area contributed by atoms with Crippen LogP contribution < -0.4 is 0 Å². The van der Waals surface area contributed by atoms with Crippen molar-refractivity contribution in [3.63, 3.8) is 0 Å². The molecule has 0 unspecified atom stereocenters. The van der Waals surface area contributed by atoms with Crippen molar-refractivity contribution in [3.8, 4) is 0 Å². The Bertz CT molecular complexity index is 150. The topological polar surface area (TPSA) is 0 Å². The van der Waals surface area contributed by atoms with Crippen molar-refractivity contribution < 1.29 is 0 Å². The molecule has 0 aliphatic heterocycles. The van der Waals surface area contributed by atoms with E-state index in [1.807, 2.05) is 20.7 Å². The zero-order valence-electron chi connectivity index (χ0n) is 5.23. The average molecular weight is 146 g/mol. The first-order valence-corrected chi connectivity index (χ1v) is 5.04. The first-order valence-electron chi connectivity index (χ1n) is 2.89. The second-order valence-electron chi connectivity index (χ2n) is 1.90. The SMILES string of the molecule is CCCc1ssc1C. The van der Waals surface area contributed by atoms with Gasteiger partial charge in [-0.25, -0.2) is 0 Å². The Labute approximate surface area is 57.6 Å². The predicted molar refractivity (Wildman–Crippen MR) is 40.9 cm³/mol. The van der Waals surface area contributed by atoms with E-state index in [0.717, 1.165) is 0 Å². The maximum Gasteiger partial charge on any atom is 0.0288 e. The van der Waals surface area contributed by atoms with E-state index in [1.54, 1.807) is 4.88 Å². The van der Waals surface area contributed by atoms with Gasteiger partial charge in [-0.3, -0.25) is 0 Å². The van der Waals surface area contributed by atoms with E-state index in [-0.39, 0.29) is 0 Å². The van der Waals surface area contributed by atoms with Crippen molar-refractivity contribution in [1.82, 2.24) is 0 Å². The van der Waals surface area contributed by atoms with Gasteiger partial charge in [0.2, 0.25) is 0 Å². The second-order valence-corrected chi connectivity index (χ2v) is 4.33. The Balaban J connectivity index is 2.44. The molecule has 8 heavy (non-hydrogen) atoms. The summed E-state index contributed by atoms with van der Waals surface area (Å²) in [6.07, 6.45) is 2.59. The monoisotopic (exact) mass is 146 g/mol. The van der Waals surface area contributed by atoms with Gasteiger partial charge in [-0.15, -0.1) is 0 Å². The van der Waals surface area contributed by atoms with Gasteiger partial charge in [-0.2, -0.15) is 0 Å². The van der Waals surface area contributed by atoms with Gasteiger partial charge in [0.15, 0.2) is 0 Å². The van der Waals surface area contributed by atoms with Crippen LogP contribution in [-0.2, 0) is 6.42 Å². The van der Waals surface area contributed by atoms with Gasteiger partial charge in [0.25, 0.3) is 0 Å².